The van der Waals surface area contributed by atoms with Gasteiger partial charge in [0, 0.05) is 5.02 Å². The smallest absolute Gasteiger partial charge is 0.0412 e. The van der Waals surface area contributed by atoms with Gasteiger partial charge in [0.2, 0.25) is 0 Å². The monoisotopic (exact) mass is 180 g/mol. The maximum absolute atomic E-state index is 5.86. The fraction of sp³-hybridized carbons (Fsp3) is 0.273. The van der Waals surface area contributed by atoms with Crippen molar-refractivity contribution in [3.8, 4) is 0 Å². The van der Waals surface area contributed by atoms with Crippen LogP contribution in [0.1, 0.15) is 24.5 Å². The molecule has 0 saturated heterocycles. The van der Waals surface area contributed by atoms with Crippen molar-refractivity contribution < 1.29 is 0 Å². The standard InChI is InChI=1S/C11H13Cl/c1-3-4-5-10-8-11(12)7-6-9(10)2/h4-8H,3H2,1-2H3/b5-4-. The van der Waals surface area contributed by atoms with Gasteiger partial charge in [-0.3, -0.25) is 0 Å². The zero-order chi connectivity index (χ0) is 8.97. The summed E-state index contributed by atoms with van der Waals surface area (Å²) in [6.07, 6.45) is 5.31. The molecule has 0 bridgehead atoms. The number of hydrogen-bond donors (Lipinski definition) is 0. The summed E-state index contributed by atoms with van der Waals surface area (Å²) in [6, 6.07) is 5.95. The van der Waals surface area contributed by atoms with Gasteiger partial charge in [-0.15, -0.1) is 0 Å². The molecule has 0 fully saturated rings. The molecule has 1 heteroatoms. The summed E-state index contributed by atoms with van der Waals surface area (Å²) < 4.78 is 0. The van der Waals surface area contributed by atoms with Crippen molar-refractivity contribution in [3.63, 3.8) is 0 Å². The highest BCUT2D eigenvalue weighted by Gasteiger charge is 1.93. The van der Waals surface area contributed by atoms with Gasteiger partial charge in [0.15, 0.2) is 0 Å². The van der Waals surface area contributed by atoms with Gasteiger partial charge in [-0.05, 0) is 36.6 Å². The van der Waals surface area contributed by atoms with Crippen LogP contribution in [0.25, 0.3) is 6.08 Å². The van der Waals surface area contributed by atoms with Gasteiger partial charge in [-0.2, -0.15) is 0 Å². The third-order valence-corrected chi connectivity index (χ3v) is 2.01. The van der Waals surface area contributed by atoms with E-state index in [1.54, 1.807) is 0 Å². The third kappa shape index (κ3) is 2.38. The first-order valence-electron chi connectivity index (χ1n) is 4.16. The molecule has 64 valence electrons. The molecule has 0 heterocycles. The number of aryl methyl sites for hydroxylation is 1. The largest absolute Gasteiger partial charge is 0.0843 e. The molecular formula is C11H13Cl. The lowest BCUT2D eigenvalue weighted by Crippen LogP contribution is -1.79. The molecular weight excluding hydrogens is 168 g/mol. The number of hydrogen-bond acceptors (Lipinski definition) is 0. The Morgan fingerprint density at radius 3 is 2.83 bits per heavy atom. The van der Waals surface area contributed by atoms with Crippen molar-refractivity contribution in [1.29, 1.82) is 0 Å². The minimum absolute atomic E-state index is 0.802. The molecule has 12 heavy (non-hydrogen) atoms. The molecule has 0 nitrogen and oxygen atoms in total. The first-order valence-corrected chi connectivity index (χ1v) is 4.54. The highest BCUT2D eigenvalue weighted by atomic mass is 35.5. The second-order valence-electron chi connectivity index (χ2n) is 2.81. The van der Waals surface area contributed by atoms with Crippen molar-refractivity contribution >= 4 is 17.7 Å². The van der Waals surface area contributed by atoms with E-state index in [0.29, 0.717) is 0 Å². The predicted octanol–water partition coefficient (Wildman–Crippen LogP) is 4.07. The van der Waals surface area contributed by atoms with Gasteiger partial charge in [-0.1, -0.05) is 36.7 Å². The zero-order valence-electron chi connectivity index (χ0n) is 7.47. The Morgan fingerprint density at radius 1 is 1.42 bits per heavy atom. The SMILES string of the molecule is CC/C=C\c1cc(Cl)ccc1C. The van der Waals surface area contributed by atoms with Crippen molar-refractivity contribution in [1.82, 2.24) is 0 Å². The van der Waals surface area contributed by atoms with Crippen LogP contribution in [-0.2, 0) is 0 Å². The Morgan fingerprint density at radius 2 is 2.17 bits per heavy atom. The Hall–Kier alpha value is -0.750. The lowest BCUT2D eigenvalue weighted by molar-refractivity contribution is 1.23. The van der Waals surface area contributed by atoms with Crippen LogP contribution >= 0.6 is 11.6 Å². The Bertz CT molecular complexity index is 287. The summed E-state index contributed by atoms with van der Waals surface area (Å²) in [5.41, 5.74) is 2.48. The summed E-state index contributed by atoms with van der Waals surface area (Å²) in [7, 11) is 0. The topological polar surface area (TPSA) is 0 Å². The molecule has 0 N–H and O–H groups in total. The molecule has 0 aliphatic carbocycles. The number of halogens is 1. The van der Waals surface area contributed by atoms with E-state index in [2.05, 4.69) is 26.0 Å². The number of benzene rings is 1. The summed E-state index contributed by atoms with van der Waals surface area (Å²) in [5, 5.41) is 0.802. The molecule has 0 unspecified atom stereocenters. The first-order chi connectivity index (χ1) is 5.74. The van der Waals surface area contributed by atoms with Gasteiger partial charge < -0.3 is 0 Å². The van der Waals surface area contributed by atoms with Crippen molar-refractivity contribution in [3.05, 3.63) is 40.4 Å². The summed E-state index contributed by atoms with van der Waals surface area (Å²) in [5.74, 6) is 0. The fourth-order valence-corrected chi connectivity index (χ4v) is 1.22. The summed E-state index contributed by atoms with van der Waals surface area (Å²) in [6.45, 7) is 4.21. The maximum Gasteiger partial charge on any atom is 0.0412 e. The van der Waals surface area contributed by atoms with Gasteiger partial charge in [0.1, 0.15) is 0 Å². The second kappa shape index (κ2) is 4.32. The van der Waals surface area contributed by atoms with Crippen LogP contribution in [0.4, 0.5) is 0 Å². The van der Waals surface area contributed by atoms with Crippen LogP contribution in [0.2, 0.25) is 5.02 Å². The maximum atomic E-state index is 5.86. The van der Waals surface area contributed by atoms with Crippen LogP contribution < -0.4 is 0 Å². The van der Waals surface area contributed by atoms with E-state index in [4.69, 9.17) is 11.6 Å². The highest BCUT2D eigenvalue weighted by Crippen LogP contribution is 2.16. The van der Waals surface area contributed by atoms with E-state index >= 15 is 0 Å². The van der Waals surface area contributed by atoms with E-state index in [0.717, 1.165) is 11.4 Å². The van der Waals surface area contributed by atoms with E-state index in [-0.39, 0.29) is 0 Å². The summed E-state index contributed by atoms with van der Waals surface area (Å²) >= 11 is 5.86. The molecule has 0 aliphatic heterocycles. The molecule has 1 aromatic carbocycles. The molecule has 0 radical (unpaired) electrons. The average molecular weight is 181 g/mol. The van der Waals surface area contributed by atoms with Crippen molar-refractivity contribution in [2.75, 3.05) is 0 Å². The predicted molar refractivity (Wildman–Crippen MR) is 55.5 cm³/mol. The molecule has 1 aromatic rings. The van der Waals surface area contributed by atoms with Crippen LogP contribution in [0.3, 0.4) is 0 Å². The van der Waals surface area contributed by atoms with Crippen LogP contribution in [0, 0.1) is 6.92 Å². The quantitative estimate of drug-likeness (QED) is 0.644. The molecule has 0 atom stereocenters. The first kappa shape index (κ1) is 9.34. The van der Waals surface area contributed by atoms with E-state index in [1.807, 2.05) is 18.2 Å². The number of allylic oxidation sites excluding steroid dienone is 1. The van der Waals surface area contributed by atoms with Gasteiger partial charge in [0.25, 0.3) is 0 Å². The second-order valence-corrected chi connectivity index (χ2v) is 3.25. The lowest BCUT2D eigenvalue weighted by atomic mass is 10.1. The zero-order valence-corrected chi connectivity index (χ0v) is 8.23. The average Bonchev–Trinajstić information content (AvgIpc) is 2.07. The highest BCUT2D eigenvalue weighted by molar-refractivity contribution is 6.30. The Balaban J connectivity index is 2.97. The van der Waals surface area contributed by atoms with Crippen LogP contribution in [0.15, 0.2) is 24.3 Å². The fourth-order valence-electron chi connectivity index (χ4n) is 1.04. The van der Waals surface area contributed by atoms with Crippen molar-refractivity contribution in [2.45, 2.75) is 20.3 Å². The minimum Gasteiger partial charge on any atom is -0.0843 e. The molecule has 0 aromatic heterocycles. The Labute approximate surface area is 78.9 Å². The Kier molecular flexibility index (Phi) is 3.36. The molecule has 0 amide bonds. The van der Waals surface area contributed by atoms with Crippen LogP contribution in [0.5, 0.6) is 0 Å². The van der Waals surface area contributed by atoms with E-state index < -0.39 is 0 Å². The van der Waals surface area contributed by atoms with E-state index in [9.17, 15) is 0 Å². The van der Waals surface area contributed by atoms with Crippen LogP contribution in [-0.4, -0.2) is 0 Å². The number of rotatable bonds is 2. The molecule has 0 saturated carbocycles. The van der Waals surface area contributed by atoms with Gasteiger partial charge in [0.05, 0.1) is 0 Å². The van der Waals surface area contributed by atoms with E-state index in [1.165, 1.54) is 11.1 Å². The normalized spacial score (nSPS) is 10.9. The molecule has 0 spiro atoms. The third-order valence-electron chi connectivity index (χ3n) is 1.77. The van der Waals surface area contributed by atoms with Crippen molar-refractivity contribution in [2.24, 2.45) is 0 Å². The lowest BCUT2D eigenvalue weighted by Gasteiger charge is -1.99. The summed E-state index contributed by atoms with van der Waals surface area (Å²) in [4.78, 5) is 0. The molecule has 1 rings (SSSR count). The van der Waals surface area contributed by atoms with Gasteiger partial charge in [-0.25, -0.2) is 0 Å². The minimum atomic E-state index is 0.802. The molecule has 0 aliphatic rings. The van der Waals surface area contributed by atoms with Gasteiger partial charge >= 0.3 is 0 Å².